The Morgan fingerprint density at radius 2 is 1.56 bits per heavy atom. The Morgan fingerprint density at radius 1 is 0.884 bits per heavy atom. The molecule has 0 aliphatic carbocycles. The third kappa shape index (κ3) is 8.72. The number of carbonyl (C=O) groups excluding carboxylic acids is 2. The molecule has 0 aromatic heterocycles. The van der Waals surface area contributed by atoms with Gasteiger partial charge >= 0.3 is 5.97 Å². The smallest absolute Gasteiger partial charge is 0.326 e. The van der Waals surface area contributed by atoms with Gasteiger partial charge < -0.3 is 20.1 Å². The summed E-state index contributed by atoms with van der Waals surface area (Å²) >= 11 is 1.65. The molecule has 1 amide bonds. The number of aliphatic carboxylic acids is 1. The number of nitrogens with zero attached hydrogens (tertiary/aromatic N) is 1. The average molecular weight is 597 g/mol. The van der Waals surface area contributed by atoms with Crippen LogP contribution in [0.25, 0.3) is 0 Å². The van der Waals surface area contributed by atoms with Crippen LogP contribution in [0.3, 0.4) is 0 Å². The number of amides is 1. The number of rotatable bonds is 15. The van der Waals surface area contributed by atoms with Crippen molar-refractivity contribution >= 4 is 40.8 Å². The van der Waals surface area contributed by atoms with Gasteiger partial charge in [0.1, 0.15) is 18.4 Å². The molecule has 1 atom stereocenters. The Kier molecular flexibility index (Phi) is 11.4. The van der Waals surface area contributed by atoms with Gasteiger partial charge in [0.25, 0.3) is 0 Å². The van der Waals surface area contributed by atoms with Crippen LogP contribution in [0.5, 0.6) is 5.75 Å². The highest BCUT2D eigenvalue weighted by Gasteiger charge is 2.21. The first-order valence-corrected chi connectivity index (χ1v) is 15.5. The van der Waals surface area contributed by atoms with E-state index in [0.717, 1.165) is 22.6 Å². The highest BCUT2D eigenvalue weighted by Crippen LogP contribution is 2.23. The van der Waals surface area contributed by atoms with Crippen LogP contribution in [0.2, 0.25) is 0 Å². The number of thioether (sulfide) groups is 1. The summed E-state index contributed by atoms with van der Waals surface area (Å²) in [5.74, 6) is -0.522. The van der Waals surface area contributed by atoms with E-state index in [1.54, 1.807) is 77.3 Å². The topological polar surface area (TPSA) is 95.9 Å². The molecule has 0 aliphatic heterocycles. The summed E-state index contributed by atoms with van der Waals surface area (Å²) < 4.78 is 5.95. The van der Waals surface area contributed by atoms with E-state index in [4.69, 9.17) is 4.74 Å². The van der Waals surface area contributed by atoms with E-state index in [1.807, 2.05) is 55.6 Å². The second kappa shape index (κ2) is 15.6. The van der Waals surface area contributed by atoms with Crippen LogP contribution in [-0.4, -0.2) is 48.2 Å². The standard InChI is InChI=1S/C35H36N2O5S/c1-3-9-33(38)37(27-16-20-29(43-2)21-17-27)22-23-42-28-18-14-25(15-19-28)24-32(35(40)41)36-31-13-8-7-12-30(31)34(39)26-10-5-4-6-11-26/h4-8,10-21,32,36H,3,9,22-24H2,1-2H3,(H,40,41)/t32-/m0/s1. The molecule has 0 aliphatic rings. The molecule has 0 fully saturated rings. The number of para-hydroxylation sites is 1. The second-order valence-corrected chi connectivity index (χ2v) is 10.8. The van der Waals surface area contributed by atoms with Gasteiger partial charge in [-0.05, 0) is 66.8 Å². The lowest BCUT2D eigenvalue weighted by molar-refractivity contribution is -0.137. The minimum absolute atomic E-state index is 0.0533. The number of benzene rings is 4. The van der Waals surface area contributed by atoms with Crippen LogP contribution in [-0.2, 0) is 16.0 Å². The zero-order valence-corrected chi connectivity index (χ0v) is 25.2. The Morgan fingerprint density at radius 3 is 2.21 bits per heavy atom. The predicted octanol–water partition coefficient (Wildman–Crippen LogP) is 6.96. The monoisotopic (exact) mass is 596 g/mol. The van der Waals surface area contributed by atoms with E-state index in [2.05, 4.69) is 5.32 Å². The van der Waals surface area contributed by atoms with Crippen molar-refractivity contribution in [3.8, 4) is 5.75 Å². The van der Waals surface area contributed by atoms with Crippen molar-refractivity contribution in [2.24, 2.45) is 0 Å². The summed E-state index contributed by atoms with van der Waals surface area (Å²) in [5.41, 5.74) is 3.05. The minimum atomic E-state index is -1.02. The van der Waals surface area contributed by atoms with Gasteiger partial charge in [-0.25, -0.2) is 4.79 Å². The molecular formula is C35H36N2O5S. The van der Waals surface area contributed by atoms with Gasteiger partial charge in [0.2, 0.25) is 5.91 Å². The van der Waals surface area contributed by atoms with Crippen molar-refractivity contribution in [1.29, 1.82) is 0 Å². The van der Waals surface area contributed by atoms with E-state index >= 15 is 0 Å². The Balaban J connectivity index is 1.38. The highest BCUT2D eigenvalue weighted by molar-refractivity contribution is 7.98. The van der Waals surface area contributed by atoms with E-state index < -0.39 is 12.0 Å². The Labute approximate surface area is 256 Å². The maximum Gasteiger partial charge on any atom is 0.326 e. The SMILES string of the molecule is CCCC(=O)N(CCOc1ccc(C[C@H](Nc2ccccc2C(=O)c2ccccc2)C(=O)O)cc1)c1ccc(SC)cc1. The van der Waals surface area contributed by atoms with Gasteiger partial charge in [0.15, 0.2) is 5.78 Å². The Bertz CT molecular complexity index is 1510. The highest BCUT2D eigenvalue weighted by atomic mass is 32.2. The number of carbonyl (C=O) groups is 3. The number of hydrogen-bond acceptors (Lipinski definition) is 6. The van der Waals surface area contributed by atoms with Crippen LogP contribution in [0, 0.1) is 0 Å². The normalized spacial score (nSPS) is 11.4. The number of hydrogen-bond donors (Lipinski definition) is 2. The molecule has 0 saturated heterocycles. The number of carboxylic acids is 1. The molecule has 0 heterocycles. The van der Waals surface area contributed by atoms with Crippen molar-refractivity contribution in [3.63, 3.8) is 0 Å². The van der Waals surface area contributed by atoms with Crippen LogP contribution < -0.4 is 15.0 Å². The van der Waals surface area contributed by atoms with Gasteiger partial charge in [0.05, 0.1) is 6.54 Å². The lowest BCUT2D eigenvalue weighted by atomic mass is 10.00. The molecule has 4 rings (SSSR count). The zero-order chi connectivity index (χ0) is 30.6. The van der Waals surface area contributed by atoms with E-state index in [9.17, 15) is 19.5 Å². The summed E-state index contributed by atoms with van der Waals surface area (Å²) in [5, 5.41) is 13.0. The summed E-state index contributed by atoms with van der Waals surface area (Å²) in [6.07, 6.45) is 3.44. The van der Waals surface area contributed by atoms with Crippen molar-refractivity contribution in [2.45, 2.75) is 37.1 Å². The number of carboxylic acid groups (broad SMARTS) is 1. The maximum atomic E-state index is 13.1. The second-order valence-electron chi connectivity index (χ2n) is 9.97. The third-order valence-electron chi connectivity index (χ3n) is 6.93. The molecule has 7 nitrogen and oxygen atoms in total. The number of anilines is 2. The van der Waals surface area contributed by atoms with Crippen LogP contribution in [0.15, 0.2) is 108 Å². The first-order chi connectivity index (χ1) is 20.9. The van der Waals surface area contributed by atoms with E-state index in [-0.39, 0.29) is 18.1 Å². The molecule has 0 bridgehead atoms. The quantitative estimate of drug-likeness (QED) is 0.113. The van der Waals surface area contributed by atoms with Gasteiger partial charge in [-0.15, -0.1) is 11.8 Å². The van der Waals surface area contributed by atoms with Crippen molar-refractivity contribution in [2.75, 3.05) is 29.6 Å². The van der Waals surface area contributed by atoms with E-state index in [1.165, 1.54) is 0 Å². The molecule has 0 radical (unpaired) electrons. The molecular weight excluding hydrogens is 560 g/mol. The number of ether oxygens (including phenoxy) is 1. The first kappa shape index (κ1) is 31.4. The molecule has 4 aromatic carbocycles. The van der Waals surface area contributed by atoms with Crippen molar-refractivity contribution in [1.82, 2.24) is 0 Å². The fourth-order valence-corrected chi connectivity index (χ4v) is 5.07. The molecule has 8 heteroatoms. The fraction of sp³-hybridized carbons (Fsp3) is 0.229. The molecule has 222 valence electrons. The van der Waals surface area contributed by atoms with Gasteiger partial charge in [-0.2, -0.15) is 0 Å². The molecule has 0 saturated carbocycles. The van der Waals surface area contributed by atoms with Crippen LogP contribution in [0.1, 0.15) is 41.3 Å². The first-order valence-electron chi connectivity index (χ1n) is 14.2. The number of nitrogens with one attached hydrogen (secondary N) is 1. The van der Waals surface area contributed by atoms with Gasteiger partial charge in [-0.1, -0.05) is 61.5 Å². The third-order valence-corrected chi connectivity index (χ3v) is 7.67. The summed E-state index contributed by atoms with van der Waals surface area (Å²) in [4.78, 5) is 41.0. The lowest BCUT2D eigenvalue weighted by Gasteiger charge is -2.23. The molecule has 4 aromatic rings. The van der Waals surface area contributed by atoms with Crippen molar-refractivity contribution < 1.29 is 24.2 Å². The summed E-state index contributed by atoms with van der Waals surface area (Å²) in [6, 6.07) is 30.1. The summed E-state index contributed by atoms with van der Waals surface area (Å²) in [6.45, 7) is 2.70. The van der Waals surface area contributed by atoms with Crippen molar-refractivity contribution in [3.05, 3.63) is 120 Å². The maximum absolute atomic E-state index is 13.1. The zero-order valence-electron chi connectivity index (χ0n) is 24.4. The molecule has 0 spiro atoms. The molecule has 0 unspecified atom stereocenters. The lowest BCUT2D eigenvalue weighted by Crippen LogP contribution is -2.34. The number of ketones is 1. The average Bonchev–Trinajstić information content (AvgIpc) is 3.04. The summed E-state index contributed by atoms with van der Waals surface area (Å²) in [7, 11) is 0. The molecule has 43 heavy (non-hydrogen) atoms. The van der Waals surface area contributed by atoms with E-state index in [0.29, 0.717) is 42.1 Å². The largest absolute Gasteiger partial charge is 0.492 e. The van der Waals surface area contributed by atoms with Crippen LogP contribution >= 0.6 is 11.8 Å². The van der Waals surface area contributed by atoms with Gasteiger partial charge in [-0.3, -0.25) is 9.59 Å². The fourth-order valence-electron chi connectivity index (χ4n) is 4.66. The van der Waals surface area contributed by atoms with Crippen LogP contribution in [0.4, 0.5) is 11.4 Å². The predicted molar refractivity (Wildman–Crippen MR) is 172 cm³/mol. The molecule has 2 N–H and O–H groups in total. The van der Waals surface area contributed by atoms with Gasteiger partial charge in [0, 0.05) is 40.2 Å². The minimum Gasteiger partial charge on any atom is -0.492 e. The Hall–Kier alpha value is -4.56.